The number of carbonyl (C=O) groups excluding carboxylic acids is 1. The maximum atomic E-state index is 12.8. The maximum absolute atomic E-state index is 12.8. The Morgan fingerprint density at radius 3 is 2.74 bits per heavy atom. The van der Waals surface area contributed by atoms with Gasteiger partial charge >= 0.3 is 12.1 Å². The van der Waals surface area contributed by atoms with Gasteiger partial charge in [-0.15, -0.1) is 5.10 Å². The molecule has 1 unspecified atom stereocenters. The Kier molecular flexibility index (Phi) is 5.04. The summed E-state index contributed by atoms with van der Waals surface area (Å²) in [5, 5.41) is 17.3. The average molecular weight is 345 g/mol. The number of carboxylic acid groups (broad SMARTS) is 1. The molecule has 0 bridgehead atoms. The van der Waals surface area contributed by atoms with Gasteiger partial charge < -0.3 is 10.4 Å². The fourth-order valence-corrected chi connectivity index (χ4v) is 2.67. The van der Waals surface area contributed by atoms with Crippen LogP contribution in [0.3, 0.4) is 0 Å². The largest absolute Gasteiger partial charge is 0.481 e. The quantitative estimate of drug-likeness (QED) is 0.646. The van der Waals surface area contributed by atoms with Crippen LogP contribution >= 0.6 is 11.8 Å². The Bertz CT molecular complexity index is 689. The van der Waals surface area contributed by atoms with Gasteiger partial charge in [0.25, 0.3) is 0 Å². The molecule has 0 spiro atoms. The molecule has 1 amide bonds. The van der Waals surface area contributed by atoms with Crippen molar-refractivity contribution in [2.75, 3.05) is 0 Å². The van der Waals surface area contributed by atoms with E-state index in [2.05, 4.69) is 15.5 Å². The van der Waals surface area contributed by atoms with Crippen LogP contribution in [-0.4, -0.2) is 33.6 Å². The molecule has 122 valence electrons. The molecule has 10 heteroatoms. The molecule has 2 rings (SSSR count). The Labute approximate surface area is 132 Å². The third-order valence-electron chi connectivity index (χ3n) is 2.75. The molecule has 0 aromatic heterocycles. The molecule has 2 N–H and O–H groups in total. The normalized spacial score (nSPS) is 20.2. The van der Waals surface area contributed by atoms with Crippen LogP contribution in [0.15, 0.2) is 34.5 Å². The first-order valence-corrected chi connectivity index (χ1v) is 7.12. The number of carboxylic acids is 1. The van der Waals surface area contributed by atoms with Crippen LogP contribution in [0.4, 0.5) is 13.2 Å². The zero-order valence-corrected chi connectivity index (χ0v) is 12.2. The van der Waals surface area contributed by atoms with Crippen molar-refractivity contribution in [2.45, 2.75) is 17.8 Å². The molecule has 1 atom stereocenters. The fraction of sp³-hybridized carbons (Fsp3) is 0.231. The Balaban J connectivity index is 2.11. The second-order valence-corrected chi connectivity index (χ2v) is 5.62. The zero-order chi connectivity index (χ0) is 17.0. The highest BCUT2D eigenvalue weighted by atomic mass is 32.2. The minimum Gasteiger partial charge on any atom is -0.481 e. The second-order valence-electron chi connectivity index (χ2n) is 4.43. The van der Waals surface area contributed by atoms with Gasteiger partial charge in [-0.25, -0.2) is 0 Å². The van der Waals surface area contributed by atoms with E-state index in [1.165, 1.54) is 18.2 Å². The van der Waals surface area contributed by atoms with E-state index >= 15 is 0 Å². The molecule has 1 aromatic rings. The summed E-state index contributed by atoms with van der Waals surface area (Å²) in [5.74, 6) is -1.66. The van der Waals surface area contributed by atoms with Crippen LogP contribution in [0.2, 0.25) is 0 Å². The molecule has 1 fully saturated rings. The third-order valence-corrected chi connectivity index (χ3v) is 3.82. The second kappa shape index (κ2) is 6.82. The van der Waals surface area contributed by atoms with Crippen LogP contribution in [0.1, 0.15) is 17.5 Å². The number of nitrogens with one attached hydrogen (secondary N) is 1. The van der Waals surface area contributed by atoms with Crippen LogP contribution in [0.5, 0.6) is 0 Å². The average Bonchev–Trinajstić information content (AvgIpc) is 2.78. The number of halogens is 3. The van der Waals surface area contributed by atoms with Crippen molar-refractivity contribution in [3.63, 3.8) is 0 Å². The highest BCUT2D eigenvalue weighted by Gasteiger charge is 2.33. The number of nitrogens with zero attached hydrogens (tertiary/aromatic N) is 2. The lowest BCUT2D eigenvalue weighted by Gasteiger charge is -2.08. The lowest BCUT2D eigenvalue weighted by molar-refractivity contribution is -0.138. The molecular weight excluding hydrogens is 335 g/mol. The van der Waals surface area contributed by atoms with Gasteiger partial charge in [-0.05, 0) is 6.07 Å². The molecule has 1 heterocycles. The van der Waals surface area contributed by atoms with Crippen LogP contribution < -0.4 is 5.32 Å². The third kappa shape index (κ3) is 4.55. The summed E-state index contributed by atoms with van der Waals surface area (Å²) in [5.41, 5.74) is -1.02. The summed E-state index contributed by atoms with van der Waals surface area (Å²) in [6.45, 7) is 0. The van der Waals surface area contributed by atoms with E-state index in [0.29, 0.717) is 0 Å². The standard InChI is InChI=1S/C13H10F3N3O3S/c14-13(15,16)8-4-2-1-3-7(8)6-17-19-12-18-11(22)9(23-12)5-10(20)21/h1-4,6,9H,5H2,(H,20,21)(H,18,19,22). The topological polar surface area (TPSA) is 91.1 Å². The smallest absolute Gasteiger partial charge is 0.417 e. The van der Waals surface area contributed by atoms with Gasteiger partial charge in [0.15, 0.2) is 5.17 Å². The first-order chi connectivity index (χ1) is 10.8. The Morgan fingerprint density at radius 1 is 1.39 bits per heavy atom. The molecule has 0 aliphatic carbocycles. The lowest BCUT2D eigenvalue weighted by Crippen LogP contribution is -2.26. The highest BCUT2D eigenvalue weighted by Crippen LogP contribution is 2.31. The molecule has 23 heavy (non-hydrogen) atoms. The van der Waals surface area contributed by atoms with Crippen LogP contribution in [-0.2, 0) is 15.8 Å². The molecule has 6 nitrogen and oxygen atoms in total. The van der Waals surface area contributed by atoms with Gasteiger partial charge in [0.2, 0.25) is 5.91 Å². The number of amidine groups is 1. The molecular formula is C13H10F3N3O3S. The monoisotopic (exact) mass is 345 g/mol. The highest BCUT2D eigenvalue weighted by molar-refractivity contribution is 8.15. The number of rotatable bonds is 4. The zero-order valence-electron chi connectivity index (χ0n) is 11.4. The van der Waals surface area contributed by atoms with E-state index in [-0.39, 0.29) is 17.2 Å². The molecule has 0 radical (unpaired) electrons. The first-order valence-electron chi connectivity index (χ1n) is 6.24. The summed E-state index contributed by atoms with van der Waals surface area (Å²) in [6.07, 6.45) is -3.97. The van der Waals surface area contributed by atoms with Crippen LogP contribution in [0.25, 0.3) is 0 Å². The predicted octanol–water partition coefficient (Wildman–Crippen LogP) is 2.10. The summed E-state index contributed by atoms with van der Waals surface area (Å²) in [7, 11) is 0. The number of alkyl halides is 3. The van der Waals surface area contributed by atoms with Gasteiger partial charge in [-0.2, -0.15) is 18.3 Å². The van der Waals surface area contributed by atoms with Crippen molar-refractivity contribution < 1.29 is 27.9 Å². The predicted molar refractivity (Wildman–Crippen MR) is 78.2 cm³/mol. The summed E-state index contributed by atoms with van der Waals surface area (Å²) in [6, 6.07) is 4.85. The van der Waals surface area contributed by atoms with E-state index in [4.69, 9.17) is 5.11 Å². The number of hydrogen-bond donors (Lipinski definition) is 2. The molecule has 0 saturated carbocycles. The molecule has 1 saturated heterocycles. The SMILES string of the molecule is O=C(O)CC1SC(=NN=Cc2ccccc2C(F)(F)F)NC1=O. The number of benzene rings is 1. The Morgan fingerprint density at radius 2 is 2.09 bits per heavy atom. The lowest BCUT2D eigenvalue weighted by atomic mass is 10.1. The van der Waals surface area contributed by atoms with E-state index in [0.717, 1.165) is 24.0 Å². The number of amides is 1. The fourth-order valence-electron chi connectivity index (χ4n) is 1.76. The van der Waals surface area contributed by atoms with Gasteiger partial charge in [0.1, 0.15) is 5.25 Å². The summed E-state index contributed by atoms with van der Waals surface area (Å²) >= 11 is 0.865. The number of hydrogen-bond acceptors (Lipinski definition) is 5. The molecule has 1 aliphatic rings. The van der Waals surface area contributed by atoms with Crippen LogP contribution in [0, 0.1) is 0 Å². The Hall–Kier alpha value is -2.36. The van der Waals surface area contributed by atoms with Crippen molar-refractivity contribution in [1.29, 1.82) is 0 Å². The number of thioether (sulfide) groups is 1. The van der Waals surface area contributed by atoms with E-state index in [1.54, 1.807) is 0 Å². The molecule has 1 aliphatic heterocycles. The number of aliphatic carboxylic acids is 1. The van der Waals surface area contributed by atoms with Gasteiger partial charge in [-0.3, -0.25) is 9.59 Å². The summed E-state index contributed by atoms with van der Waals surface area (Å²) in [4.78, 5) is 22.0. The van der Waals surface area contributed by atoms with Crippen molar-refractivity contribution in [1.82, 2.24) is 5.32 Å². The number of carbonyl (C=O) groups is 2. The van der Waals surface area contributed by atoms with Crippen molar-refractivity contribution >= 4 is 35.0 Å². The first kappa shape index (κ1) is 17.0. The van der Waals surface area contributed by atoms with Gasteiger partial charge in [-0.1, -0.05) is 30.0 Å². The van der Waals surface area contributed by atoms with Gasteiger partial charge in [0, 0.05) is 5.56 Å². The van der Waals surface area contributed by atoms with Crippen molar-refractivity contribution in [3.05, 3.63) is 35.4 Å². The molecule has 1 aromatic carbocycles. The maximum Gasteiger partial charge on any atom is 0.417 e. The minimum atomic E-state index is -4.52. The van der Waals surface area contributed by atoms with E-state index in [1.807, 2.05) is 0 Å². The summed E-state index contributed by atoms with van der Waals surface area (Å²) < 4.78 is 38.4. The van der Waals surface area contributed by atoms with Crippen molar-refractivity contribution in [2.24, 2.45) is 10.2 Å². The van der Waals surface area contributed by atoms with E-state index in [9.17, 15) is 22.8 Å². The van der Waals surface area contributed by atoms with Gasteiger partial charge in [0.05, 0.1) is 18.2 Å². The van der Waals surface area contributed by atoms with E-state index < -0.39 is 28.9 Å². The van der Waals surface area contributed by atoms with Crippen molar-refractivity contribution in [3.8, 4) is 0 Å². The minimum absolute atomic E-state index is 0.0435.